The van der Waals surface area contributed by atoms with Crippen molar-refractivity contribution in [2.45, 2.75) is 78.2 Å². The van der Waals surface area contributed by atoms with Crippen molar-refractivity contribution >= 4 is 22.5 Å². The van der Waals surface area contributed by atoms with Gasteiger partial charge >= 0.3 is 0 Å². The molecule has 2 fully saturated rings. The fourth-order valence-corrected chi connectivity index (χ4v) is 6.75. The lowest BCUT2D eigenvalue weighted by Gasteiger charge is -2.28. The van der Waals surface area contributed by atoms with Crippen LogP contribution < -0.4 is 6.15 Å². The van der Waals surface area contributed by atoms with Gasteiger partial charge in [-0.2, -0.15) is 5.10 Å². The molecular formula is C35H48F2N6O. The number of likely N-dealkylation sites (N-methyl/N-ethyl adjacent to an activating group) is 1. The zero-order chi connectivity index (χ0) is 29.7. The lowest BCUT2D eigenvalue weighted by atomic mass is 9.83. The first-order chi connectivity index (χ1) is 20.1. The molecule has 0 bridgehead atoms. The number of aliphatic imine (C=N–C) groups is 1. The average Bonchev–Trinajstić information content (AvgIpc) is 3.58. The Morgan fingerprint density at radius 2 is 1.84 bits per heavy atom. The molecule has 0 radical (unpaired) electrons. The van der Waals surface area contributed by atoms with Crippen LogP contribution in [-0.2, 0) is 24.7 Å². The summed E-state index contributed by atoms with van der Waals surface area (Å²) in [6.07, 6.45) is 5.58. The van der Waals surface area contributed by atoms with Crippen molar-refractivity contribution in [3.05, 3.63) is 75.6 Å². The molecule has 6 rings (SSSR count). The number of carbonyl (C=O) groups is 1. The minimum Gasteiger partial charge on any atom is -0.344 e. The van der Waals surface area contributed by atoms with Gasteiger partial charge in [0.05, 0.1) is 5.52 Å². The Balaban J connectivity index is 0.00000221. The van der Waals surface area contributed by atoms with Gasteiger partial charge in [-0.1, -0.05) is 26.5 Å². The summed E-state index contributed by atoms with van der Waals surface area (Å²) in [6.45, 7) is 5.42. The van der Waals surface area contributed by atoms with Crippen LogP contribution in [0.3, 0.4) is 0 Å². The summed E-state index contributed by atoms with van der Waals surface area (Å²) in [5.41, 5.74) is 6.04. The maximum absolute atomic E-state index is 15.2. The van der Waals surface area contributed by atoms with Gasteiger partial charge in [0.1, 0.15) is 17.3 Å². The van der Waals surface area contributed by atoms with E-state index in [4.69, 9.17) is 4.99 Å². The number of hydrogen-bond donors (Lipinski definition) is 1. The number of aryl methyl sites for hydroxylation is 3. The first kappa shape index (κ1) is 33.5. The van der Waals surface area contributed by atoms with E-state index in [1.807, 2.05) is 55.8 Å². The molecule has 3 aromatic rings. The Hall–Kier alpha value is -3.43. The summed E-state index contributed by atoms with van der Waals surface area (Å²) in [6, 6.07) is 9.23. The molecule has 44 heavy (non-hydrogen) atoms. The number of rotatable bonds is 8. The molecule has 1 saturated heterocycles. The van der Waals surface area contributed by atoms with E-state index >= 15 is 8.78 Å². The number of carbonyl (C=O) groups excluding carboxylic acids is 1. The first-order valence-corrected chi connectivity index (χ1v) is 15.3. The minimum absolute atomic E-state index is 0. The van der Waals surface area contributed by atoms with E-state index in [0.717, 1.165) is 59.2 Å². The SMILES string of the molecule is C.CCc1c2cc(CCC3CC(c4ccc(C5CC5)c(F)c4)=NC(C(=O)N4CC[C@H](N(C)C)C4)=C3C)c(F)cc2nn1C.N. The Labute approximate surface area is 260 Å². The summed E-state index contributed by atoms with van der Waals surface area (Å²) < 4.78 is 32.2. The normalized spacial score (nSPS) is 20.2. The van der Waals surface area contributed by atoms with Crippen molar-refractivity contribution in [1.29, 1.82) is 0 Å². The highest BCUT2D eigenvalue weighted by Gasteiger charge is 2.34. The topological polar surface area (TPSA) is 88.7 Å². The van der Waals surface area contributed by atoms with Gasteiger partial charge < -0.3 is 16.0 Å². The molecule has 3 aliphatic rings. The summed E-state index contributed by atoms with van der Waals surface area (Å²) in [5, 5.41) is 5.47. The van der Waals surface area contributed by atoms with Gasteiger partial charge in [-0.15, -0.1) is 0 Å². The van der Waals surface area contributed by atoms with E-state index < -0.39 is 0 Å². The standard InChI is InChI=1S/C34H41F2N5O.CH4.H3N/c1-6-32-27-15-23(28(35)18-31(27)38-40(32)5)10-9-22-17-30(24-11-12-26(21-7-8-21)29(36)16-24)37-33(20(22)2)34(42)41-14-13-25(19-41)39(3)4;;/h11-12,15-16,18,21-22,25H,6-10,13-14,17,19H2,1-5H3;1H4;1H3/t22?,25-;;/m0../s1. The second-order valence-corrected chi connectivity index (χ2v) is 12.6. The Morgan fingerprint density at radius 1 is 1.09 bits per heavy atom. The van der Waals surface area contributed by atoms with Gasteiger partial charge in [0, 0.05) is 49.0 Å². The summed E-state index contributed by atoms with van der Waals surface area (Å²) in [7, 11) is 5.98. The molecule has 1 saturated carbocycles. The monoisotopic (exact) mass is 606 g/mol. The Morgan fingerprint density at radius 3 is 2.48 bits per heavy atom. The predicted octanol–water partition coefficient (Wildman–Crippen LogP) is 6.97. The van der Waals surface area contributed by atoms with Gasteiger partial charge in [0.15, 0.2) is 0 Å². The number of allylic oxidation sites excluding steroid dienone is 1. The van der Waals surface area contributed by atoms with E-state index in [-0.39, 0.29) is 37.0 Å². The molecule has 9 heteroatoms. The number of halogens is 2. The molecule has 1 aromatic heterocycles. The molecule has 3 heterocycles. The van der Waals surface area contributed by atoms with Gasteiger partial charge in [0.25, 0.3) is 5.91 Å². The van der Waals surface area contributed by atoms with Crippen molar-refractivity contribution < 1.29 is 13.6 Å². The van der Waals surface area contributed by atoms with E-state index in [1.54, 1.807) is 6.07 Å². The zero-order valence-corrected chi connectivity index (χ0v) is 26.1. The summed E-state index contributed by atoms with van der Waals surface area (Å²) in [4.78, 5) is 22.8. The summed E-state index contributed by atoms with van der Waals surface area (Å²) >= 11 is 0. The van der Waals surface area contributed by atoms with Crippen LogP contribution in [0.1, 0.15) is 81.7 Å². The number of hydrogen-bond acceptors (Lipinski definition) is 5. The number of benzene rings is 2. The molecule has 3 N–H and O–H groups in total. The minimum atomic E-state index is -0.254. The van der Waals surface area contributed by atoms with Crippen molar-refractivity contribution in [3.63, 3.8) is 0 Å². The number of fused-ring (bicyclic) bond motifs is 1. The highest BCUT2D eigenvalue weighted by atomic mass is 19.1. The Kier molecular flexibility index (Phi) is 10.1. The smallest absolute Gasteiger partial charge is 0.272 e. The number of likely N-dealkylation sites (tertiary alicyclic amines) is 1. The molecule has 2 atom stereocenters. The molecule has 2 aliphatic heterocycles. The average molecular weight is 607 g/mol. The van der Waals surface area contributed by atoms with Crippen molar-refractivity contribution in [2.24, 2.45) is 18.0 Å². The third-order valence-corrected chi connectivity index (χ3v) is 9.63. The second kappa shape index (κ2) is 13.3. The fraction of sp³-hybridized carbons (Fsp3) is 0.514. The third kappa shape index (κ3) is 6.35. The largest absolute Gasteiger partial charge is 0.344 e. The van der Waals surface area contributed by atoms with Crippen LogP contribution in [-0.4, -0.2) is 64.4 Å². The van der Waals surface area contributed by atoms with Crippen LogP contribution in [0.4, 0.5) is 8.78 Å². The van der Waals surface area contributed by atoms with Crippen LogP contribution in [0.25, 0.3) is 10.9 Å². The number of nitrogens with zero attached hydrogens (tertiary/aromatic N) is 5. The van der Waals surface area contributed by atoms with Crippen LogP contribution >= 0.6 is 0 Å². The van der Waals surface area contributed by atoms with Gasteiger partial charge in [-0.05, 0) is 112 Å². The first-order valence-electron chi connectivity index (χ1n) is 15.3. The van der Waals surface area contributed by atoms with Crippen LogP contribution in [0.15, 0.2) is 46.6 Å². The predicted molar refractivity (Wildman–Crippen MR) is 175 cm³/mol. The lowest BCUT2D eigenvalue weighted by Crippen LogP contribution is -2.36. The van der Waals surface area contributed by atoms with Crippen molar-refractivity contribution in [3.8, 4) is 0 Å². The zero-order valence-electron chi connectivity index (χ0n) is 26.1. The maximum atomic E-state index is 15.2. The molecular weight excluding hydrogens is 558 g/mol. The number of aromatic nitrogens is 2. The highest BCUT2D eigenvalue weighted by Crippen LogP contribution is 2.42. The van der Waals surface area contributed by atoms with Gasteiger partial charge in [0.2, 0.25) is 0 Å². The van der Waals surface area contributed by atoms with E-state index in [0.29, 0.717) is 61.1 Å². The van der Waals surface area contributed by atoms with Crippen LogP contribution in [0.5, 0.6) is 0 Å². The fourth-order valence-electron chi connectivity index (χ4n) is 6.75. The molecule has 2 aromatic carbocycles. The summed E-state index contributed by atoms with van der Waals surface area (Å²) in [5.74, 6) is -0.204. The number of amides is 1. The van der Waals surface area contributed by atoms with E-state index in [2.05, 4.69) is 16.9 Å². The van der Waals surface area contributed by atoms with Gasteiger partial charge in [-0.25, -0.2) is 13.8 Å². The van der Waals surface area contributed by atoms with Crippen molar-refractivity contribution in [2.75, 3.05) is 27.2 Å². The third-order valence-electron chi connectivity index (χ3n) is 9.63. The van der Waals surface area contributed by atoms with Crippen LogP contribution in [0.2, 0.25) is 0 Å². The molecule has 1 unspecified atom stereocenters. The van der Waals surface area contributed by atoms with Crippen molar-refractivity contribution in [1.82, 2.24) is 25.7 Å². The molecule has 238 valence electrons. The second-order valence-electron chi connectivity index (χ2n) is 12.6. The molecule has 0 spiro atoms. The van der Waals surface area contributed by atoms with Gasteiger partial charge in [-0.3, -0.25) is 9.48 Å². The van der Waals surface area contributed by atoms with Crippen LogP contribution in [0, 0.1) is 17.6 Å². The highest BCUT2D eigenvalue weighted by molar-refractivity contribution is 6.06. The molecule has 1 amide bonds. The maximum Gasteiger partial charge on any atom is 0.272 e. The van der Waals surface area contributed by atoms with E-state index in [1.165, 1.54) is 6.07 Å². The lowest BCUT2D eigenvalue weighted by molar-refractivity contribution is -0.126. The Bertz CT molecular complexity index is 1600. The molecule has 1 aliphatic carbocycles. The van der Waals surface area contributed by atoms with E-state index in [9.17, 15) is 4.79 Å². The quantitative estimate of drug-likeness (QED) is 0.300. The molecule has 7 nitrogen and oxygen atoms in total.